The Bertz CT molecular complexity index is 473. The van der Waals surface area contributed by atoms with E-state index in [1.807, 2.05) is 6.07 Å². The van der Waals surface area contributed by atoms with Crippen molar-refractivity contribution in [2.45, 2.75) is 32.9 Å². The minimum atomic E-state index is -0.910. The molecule has 1 aliphatic heterocycles. The normalized spacial score (nSPS) is 17.4. The molecule has 0 radical (unpaired) electrons. The molecule has 0 saturated carbocycles. The Kier molecular flexibility index (Phi) is 4.21. The molecule has 0 bridgehead atoms. The molecule has 1 amide bonds. The summed E-state index contributed by atoms with van der Waals surface area (Å²) in [6.45, 7) is 4.54. The van der Waals surface area contributed by atoms with E-state index in [0.29, 0.717) is 18.1 Å². The van der Waals surface area contributed by atoms with Crippen molar-refractivity contribution in [3.63, 3.8) is 0 Å². The first-order valence-corrected chi connectivity index (χ1v) is 7.03. The maximum Gasteiger partial charge on any atom is 0.308 e. The number of hydrogen-bond donors (Lipinski definition) is 2. The molecule has 2 N–H and O–H groups in total. The summed E-state index contributed by atoms with van der Waals surface area (Å²) in [5.74, 6) is -1.73. The zero-order valence-corrected chi connectivity index (χ0v) is 11.8. The van der Waals surface area contributed by atoms with Crippen molar-refractivity contribution < 1.29 is 19.4 Å². The number of rotatable bonds is 4. The van der Waals surface area contributed by atoms with Gasteiger partial charge in [0.05, 0.1) is 24.0 Å². The van der Waals surface area contributed by atoms with E-state index in [0.717, 1.165) is 12.0 Å². The molecule has 5 nitrogen and oxygen atoms in total. The summed E-state index contributed by atoms with van der Waals surface area (Å²) >= 11 is 1.47. The topological polar surface area (TPSA) is 75.6 Å². The highest BCUT2D eigenvalue weighted by Gasteiger charge is 2.23. The van der Waals surface area contributed by atoms with Gasteiger partial charge >= 0.3 is 5.97 Å². The van der Waals surface area contributed by atoms with Crippen molar-refractivity contribution >= 4 is 23.2 Å². The molecule has 1 aromatic rings. The van der Waals surface area contributed by atoms with Crippen LogP contribution in [-0.4, -0.2) is 29.6 Å². The molecule has 1 aromatic heterocycles. The number of thiophene rings is 1. The van der Waals surface area contributed by atoms with Crippen LogP contribution in [0, 0.1) is 5.92 Å². The van der Waals surface area contributed by atoms with E-state index < -0.39 is 17.9 Å². The first-order chi connectivity index (χ1) is 8.99. The molecule has 2 rings (SSSR count). The van der Waals surface area contributed by atoms with Gasteiger partial charge in [-0.25, -0.2) is 0 Å². The molecule has 0 aromatic carbocycles. The number of hydrogen-bond acceptors (Lipinski definition) is 4. The fourth-order valence-corrected chi connectivity index (χ4v) is 2.93. The highest BCUT2D eigenvalue weighted by atomic mass is 32.1. The van der Waals surface area contributed by atoms with Gasteiger partial charge in [0.1, 0.15) is 0 Å². The highest BCUT2D eigenvalue weighted by Crippen LogP contribution is 2.27. The van der Waals surface area contributed by atoms with Crippen molar-refractivity contribution in [2.24, 2.45) is 5.92 Å². The molecule has 6 heteroatoms. The van der Waals surface area contributed by atoms with Crippen LogP contribution >= 0.6 is 11.3 Å². The average molecular weight is 283 g/mol. The number of carboxylic acids is 1. The summed E-state index contributed by atoms with van der Waals surface area (Å²) in [5.41, 5.74) is 1.07. The van der Waals surface area contributed by atoms with Crippen LogP contribution in [0.5, 0.6) is 0 Å². The number of aliphatic carboxylic acids is 1. The van der Waals surface area contributed by atoms with E-state index in [1.165, 1.54) is 16.2 Å². The number of fused-ring (bicyclic) bond motifs is 1. The van der Waals surface area contributed by atoms with Gasteiger partial charge in [-0.15, -0.1) is 11.3 Å². The molecule has 1 aliphatic rings. The third kappa shape index (κ3) is 3.13. The summed E-state index contributed by atoms with van der Waals surface area (Å²) in [6.07, 6.45) is 0.842. The third-order valence-corrected chi connectivity index (χ3v) is 4.59. The Morgan fingerprint density at radius 3 is 2.84 bits per heavy atom. The first kappa shape index (κ1) is 14.0. The molecular formula is C13H17NO4S. The van der Waals surface area contributed by atoms with Crippen molar-refractivity contribution in [1.82, 2.24) is 5.32 Å². The van der Waals surface area contributed by atoms with Gasteiger partial charge in [0.25, 0.3) is 5.91 Å². The Hall–Kier alpha value is -1.40. The van der Waals surface area contributed by atoms with Gasteiger partial charge in [-0.3, -0.25) is 9.59 Å². The molecule has 2 unspecified atom stereocenters. The van der Waals surface area contributed by atoms with Gasteiger partial charge in [-0.05, 0) is 25.5 Å². The summed E-state index contributed by atoms with van der Waals surface area (Å²) < 4.78 is 5.34. The second-order valence-electron chi connectivity index (χ2n) is 4.75. The highest BCUT2D eigenvalue weighted by molar-refractivity contribution is 7.14. The SMILES string of the molecule is CC(NC(=O)c1cc2c(s1)CCOC2)C(C)C(=O)O. The number of carbonyl (C=O) groups is 2. The van der Waals surface area contributed by atoms with Gasteiger partial charge in [-0.2, -0.15) is 0 Å². The Labute approximate surface area is 115 Å². The lowest BCUT2D eigenvalue weighted by atomic mass is 10.0. The second-order valence-corrected chi connectivity index (χ2v) is 5.89. The molecule has 0 fully saturated rings. The van der Waals surface area contributed by atoms with Gasteiger partial charge in [0, 0.05) is 17.3 Å². The van der Waals surface area contributed by atoms with Crippen molar-refractivity contribution in [2.75, 3.05) is 6.61 Å². The van der Waals surface area contributed by atoms with Crippen LogP contribution in [-0.2, 0) is 22.6 Å². The van der Waals surface area contributed by atoms with Crippen LogP contribution < -0.4 is 5.32 Å². The van der Waals surface area contributed by atoms with E-state index in [2.05, 4.69) is 5.32 Å². The zero-order chi connectivity index (χ0) is 14.0. The quantitative estimate of drug-likeness (QED) is 0.881. The maximum absolute atomic E-state index is 12.1. The Balaban J connectivity index is 2.04. The van der Waals surface area contributed by atoms with E-state index in [-0.39, 0.29) is 5.91 Å². The maximum atomic E-state index is 12.1. The second kappa shape index (κ2) is 5.71. The lowest BCUT2D eigenvalue weighted by molar-refractivity contribution is -0.141. The Morgan fingerprint density at radius 2 is 2.21 bits per heavy atom. The van der Waals surface area contributed by atoms with E-state index >= 15 is 0 Å². The molecule has 0 spiro atoms. The molecule has 0 aliphatic carbocycles. The fraction of sp³-hybridized carbons (Fsp3) is 0.538. The number of carbonyl (C=O) groups excluding carboxylic acids is 1. The van der Waals surface area contributed by atoms with E-state index in [1.54, 1.807) is 13.8 Å². The summed E-state index contributed by atoms with van der Waals surface area (Å²) in [5, 5.41) is 11.6. The number of ether oxygens (including phenoxy) is 1. The van der Waals surface area contributed by atoms with Crippen molar-refractivity contribution in [1.29, 1.82) is 0 Å². The summed E-state index contributed by atoms with van der Waals surface area (Å²) in [7, 11) is 0. The molecule has 2 atom stereocenters. The summed E-state index contributed by atoms with van der Waals surface area (Å²) in [4.78, 5) is 24.7. The van der Waals surface area contributed by atoms with Crippen LogP contribution in [0.4, 0.5) is 0 Å². The van der Waals surface area contributed by atoms with Crippen LogP contribution in [0.3, 0.4) is 0 Å². The first-order valence-electron chi connectivity index (χ1n) is 6.22. The van der Waals surface area contributed by atoms with E-state index in [9.17, 15) is 9.59 Å². The van der Waals surface area contributed by atoms with E-state index in [4.69, 9.17) is 9.84 Å². The number of nitrogens with one attached hydrogen (secondary N) is 1. The Morgan fingerprint density at radius 1 is 1.47 bits per heavy atom. The molecular weight excluding hydrogens is 266 g/mol. The monoisotopic (exact) mass is 283 g/mol. The number of amides is 1. The predicted molar refractivity (Wildman–Crippen MR) is 71.4 cm³/mol. The van der Waals surface area contributed by atoms with Crippen LogP contribution in [0.1, 0.15) is 34.0 Å². The fourth-order valence-electron chi connectivity index (χ4n) is 1.88. The standard InChI is InChI=1S/C13H17NO4S/c1-7(13(16)17)8(2)14-12(15)11-5-9-6-18-4-3-10(9)19-11/h5,7-8H,3-4,6H2,1-2H3,(H,14,15)(H,16,17). The predicted octanol–water partition coefficient (Wildman–Crippen LogP) is 1.66. The van der Waals surface area contributed by atoms with Gasteiger partial charge in [-0.1, -0.05) is 0 Å². The van der Waals surface area contributed by atoms with Crippen molar-refractivity contribution in [3.05, 3.63) is 21.4 Å². The largest absolute Gasteiger partial charge is 0.481 e. The van der Waals surface area contributed by atoms with Gasteiger partial charge in [0.15, 0.2) is 0 Å². The number of carboxylic acid groups (broad SMARTS) is 1. The van der Waals surface area contributed by atoms with Gasteiger partial charge < -0.3 is 15.2 Å². The van der Waals surface area contributed by atoms with Crippen LogP contribution in [0.2, 0.25) is 0 Å². The average Bonchev–Trinajstić information content (AvgIpc) is 2.81. The minimum Gasteiger partial charge on any atom is -0.481 e. The van der Waals surface area contributed by atoms with Crippen LogP contribution in [0.15, 0.2) is 6.07 Å². The molecule has 104 valence electrons. The van der Waals surface area contributed by atoms with Gasteiger partial charge in [0.2, 0.25) is 0 Å². The van der Waals surface area contributed by atoms with Crippen molar-refractivity contribution in [3.8, 4) is 0 Å². The lowest BCUT2D eigenvalue weighted by Crippen LogP contribution is -2.39. The third-order valence-electron chi connectivity index (χ3n) is 3.35. The zero-order valence-electron chi connectivity index (χ0n) is 10.9. The smallest absolute Gasteiger partial charge is 0.308 e. The molecule has 2 heterocycles. The summed E-state index contributed by atoms with van der Waals surface area (Å²) in [6, 6.07) is 1.44. The lowest BCUT2D eigenvalue weighted by Gasteiger charge is -2.17. The minimum absolute atomic E-state index is 0.208. The van der Waals surface area contributed by atoms with Crippen LogP contribution in [0.25, 0.3) is 0 Å². The molecule has 19 heavy (non-hydrogen) atoms. The molecule has 0 saturated heterocycles.